The Morgan fingerprint density at radius 2 is 0.968 bits per heavy atom. The van der Waals surface area contributed by atoms with E-state index < -0.39 is 50.9 Å². The van der Waals surface area contributed by atoms with Crippen molar-refractivity contribution in [2.45, 2.75) is 6.42 Å². The van der Waals surface area contributed by atoms with Gasteiger partial charge in [-0.1, -0.05) is 103 Å². The summed E-state index contributed by atoms with van der Waals surface area (Å²) >= 11 is 0. The van der Waals surface area contributed by atoms with Gasteiger partial charge in [-0.15, -0.1) is 0 Å². The Morgan fingerprint density at radius 3 is 1.42 bits per heavy atom. The van der Waals surface area contributed by atoms with E-state index in [0.717, 1.165) is 35.3 Å². The molecule has 0 saturated carbocycles. The summed E-state index contributed by atoms with van der Waals surface area (Å²) in [6, 6.07) is 40.5. The van der Waals surface area contributed by atoms with Crippen molar-refractivity contribution in [2.24, 2.45) is 16.1 Å². The number of carbonyl (C=O) groups excluding carboxylic acids is 4. The van der Waals surface area contributed by atoms with E-state index in [0.29, 0.717) is 16.3 Å². The third-order valence-corrected chi connectivity index (χ3v) is 9.48. The minimum atomic E-state index is -1.39. The summed E-state index contributed by atoms with van der Waals surface area (Å²) in [5, 5.41) is 34.6. The first-order chi connectivity index (χ1) is 30.0. The molecule has 2 N–H and O–H groups in total. The summed E-state index contributed by atoms with van der Waals surface area (Å²) in [7, 11) is 0. The minimum absolute atomic E-state index is 0.0754. The first-order valence-electron chi connectivity index (χ1n) is 18.7. The summed E-state index contributed by atoms with van der Waals surface area (Å²) in [5.74, 6) is -5.27. The fraction of sp³-hybridized carbons (Fsp3) is 0.0435. The van der Waals surface area contributed by atoms with Crippen LogP contribution in [0.15, 0.2) is 162 Å². The number of ether oxygens (including phenoxy) is 2. The van der Waals surface area contributed by atoms with E-state index in [2.05, 4.69) is 21.1 Å². The average molecular weight is 829 g/mol. The van der Waals surface area contributed by atoms with Crippen LogP contribution in [0.5, 0.6) is 11.5 Å². The lowest BCUT2D eigenvalue weighted by molar-refractivity contribution is -0.385. The van der Waals surface area contributed by atoms with E-state index in [9.17, 15) is 39.4 Å². The van der Waals surface area contributed by atoms with Crippen LogP contribution in [-0.4, -0.2) is 46.0 Å². The normalized spacial score (nSPS) is 11.2. The summed E-state index contributed by atoms with van der Waals surface area (Å²) in [6.07, 6.45) is 2.16. The fourth-order valence-electron chi connectivity index (χ4n) is 6.45. The van der Waals surface area contributed by atoms with E-state index in [4.69, 9.17) is 9.47 Å². The number of benzene rings is 7. The molecule has 7 aromatic rings. The van der Waals surface area contributed by atoms with Gasteiger partial charge in [0.15, 0.2) is 0 Å². The molecule has 0 heterocycles. The predicted octanol–water partition coefficient (Wildman–Crippen LogP) is 7.71. The van der Waals surface area contributed by atoms with Crippen molar-refractivity contribution in [2.75, 3.05) is 0 Å². The topological polar surface area (TPSA) is 222 Å². The number of carbonyl (C=O) groups is 4. The second-order valence-corrected chi connectivity index (χ2v) is 13.5. The second kappa shape index (κ2) is 18.8. The molecule has 0 bridgehead atoms. The summed E-state index contributed by atoms with van der Waals surface area (Å²) in [5.41, 5.74) is 4.91. The Hall–Kier alpha value is -8.92. The van der Waals surface area contributed by atoms with Crippen LogP contribution in [-0.2, 0) is 16.0 Å². The van der Waals surface area contributed by atoms with E-state index in [-0.39, 0.29) is 40.2 Å². The van der Waals surface area contributed by atoms with Gasteiger partial charge < -0.3 is 9.47 Å². The number of nitro benzene ring substituents is 2. The van der Waals surface area contributed by atoms with Crippen LogP contribution in [0.4, 0.5) is 11.4 Å². The highest BCUT2D eigenvalue weighted by atomic mass is 16.6. The van der Waals surface area contributed by atoms with Gasteiger partial charge in [-0.2, -0.15) is 10.2 Å². The standard InChI is InChI=1S/C46H32N6O10/c53-43(49-47-27-30-20-22-41(39(25-30)51(57)58)61-45(55)36-18-8-14-32-12-4-6-16-34(32)36)38(24-29-10-2-1-3-11-29)44(54)50-48-28-31-21-23-42(40(26-31)52(59)60)62-46(56)37-19-9-15-33-13-5-7-17-35(33)37/h1-23,25-28,38H,24H2,(H,49,53)(H,50,54)/b47-27-,48-28-. The number of hydrogen-bond acceptors (Lipinski definition) is 12. The predicted molar refractivity (Wildman–Crippen MR) is 229 cm³/mol. The molecule has 0 radical (unpaired) electrons. The number of hydrazone groups is 2. The average Bonchev–Trinajstić information content (AvgIpc) is 3.28. The Morgan fingerprint density at radius 1 is 0.548 bits per heavy atom. The lowest BCUT2D eigenvalue weighted by Crippen LogP contribution is -2.39. The maximum atomic E-state index is 13.4. The van der Waals surface area contributed by atoms with Crippen molar-refractivity contribution in [3.63, 3.8) is 0 Å². The highest BCUT2D eigenvalue weighted by molar-refractivity contribution is 6.06. The lowest BCUT2D eigenvalue weighted by atomic mass is 9.98. The van der Waals surface area contributed by atoms with Crippen LogP contribution in [0.3, 0.4) is 0 Å². The van der Waals surface area contributed by atoms with Crippen LogP contribution >= 0.6 is 0 Å². The molecule has 16 heteroatoms. The number of amides is 2. The fourth-order valence-corrected chi connectivity index (χ4v) is 6.45. The molecular weight excluding hydrogens is 797 g/mol. The van der Waals surface area contributed by atoms with E-state index in [1.165, 1.54) is 24.3 Å². The number of nitrogens with zero attached hydrogens (tertiary/aromatic N) is 4. The molecule has 0 spiro atoms. The monoisotopic (exact) mass is 828 g/mol. The van der Waals surface area contributed by atoms with Crippen LogP contribution in [0, 0.1) is 26.1 Å². The summed E-state index contributed by atoms with van der Waals surface area (Å²) < 4.78 is 10.9. The van der Waals surface area contributed by atoms with Crippen molar-refractivity contribution >= 4 is 69.1 Å². The molecule has 0 saturated heterocycles. The van der Waals surface area contributed by atoms with Crippen molar-refractivity contribution in [3.05, 3.63) is 200 Å². The molecule has 0 aliphatic rings. The highest BCUT2D eigenvalue weighted by Crippen LogP contribution is 2.31. The molecule has 2 amide bonds. The van der Waals surface area contributed by atoms with Crippen molar-refractivity contribution < 1.29 is 38.5 Å². The first-order valence-corrected chi connectivity index (χ1v) is 18.7. The Bertz CT molecular complexity index is 2760. The van der Waals surface area contributed by atoms with Gasteiger partial charge in [-0.25, -0.2) is 20.4 Å². The molecule has 0 aromatic heterocycles. The van der Waals surface area contributed by atoms with E-state index in [1.807, 2.05) is 36.4 Å². The molecule has 62 heavy (non-hydrogen) atoms. The maximum Gasteiger partial charge on any atom is 0.344 e. The molecule has 16 nitrogen and oxygen atoms in total. The van der Waals surface area contributed by atoms with Gasteiger partial charge in [0.25, 0.3) is 11.8 Å². The van der Waals surface area contributed by atoms with Gasteiger partial charge in [0.05, 0.1) is 33.4 Å². The third kappa shape index (κ3) is 9.67. The van der Waals surface area contributed by atoms with Gasteiger partial charge in [0, 0.05) is 23.3 Å². The number of rotatable bonds is 14. The zero-order valence-corrected chi connectivity index (χ0v) is 32.2. The molecule has 7 rings (SSSR count). The lowest BCUT2D eigenvalue weighted by Gasteiger charge is -2.13. The minimum Gasteiger partial charge on any atom is -0.416 e. The van der Waals surface area contributed by atoms with Gasteiger partial charge >= 0.3 is 23.3 Å². The number of nitro groups is 2. The van der Waals surface area contributed by atoms with Gasteiger partial charge in [-0.3, -0.25) is 29.8 Å². The van der Waals surface area contributed by atoms with Crippen LogP contribution in [0.2, 0.25) is 0 Å². The van der Waals surface area contributed by atoms with Crippen LogP contribution in [0.1, 0.15) is 37.4 Å². The summed E-state index contributed by atoms with van der Waals surface area (Å²) in [6.45, 7) is 0. The van der Waals surface area contributed by atoms with Crippen molar-refractivity contribution in [1.82, 2.24) is 10.9 Å². The molecule has 0 atom stereocenters. The van der Waals surface area contributed by atoms with Crippen LogP contribution in [0.25, 0.3) is 21.5 Å². The van der Waals surface area contributed by atoms with Gasteiger partial charge in [0.1, 0.15) is 5.92 Å². The molecule has 0 aliphatic heterocycles. The first kappa shape index (κ1) is 41.2. The Labute approximate surface area is 351 Å². The SMILES string of the molecule is O=C(Oc1ccc(/C=N\NC(=O)C(Cc2ccccc2)C(=O)N/N=C\c2ccc(OC(=O)c3cccc4ccccc34)c([N+](=O)[O-])c2)cc1[N+](=O)[O-])c1cccc2ccccc12. The van der Waals surface area contributed by atoms with Gasteiger partial charge in [0.2, 0.25) is 11.5 Å². The number of nitrogens with one attached hydrogen (secondary N) is 2. The summed E-state index contributed by atoms with van der Waals surface area (Å²) in [4.78, 5) is 75.5. The van der Waals surface area contributed by atoms with Crippen molar-refractivity contribution in [1.29, 1.82) is 0 Å². The maximum absolute atomic E-state index is 13.4. The van der Waals surface area contributed by atoms with Crippen LogP contribution < -0.4 is 20.3 Å². The zero-order chi connectivity index (χ0) is 43.6. The zero-order valence-electron chi connectivity index (χ0n) is 32.2. The smallest absolute Gasteiger partial charge is 0.344 e. The van der Waals surface area contributed by atoms with Crippen molar-refractivity contribution in [3.8, 4) is 11.5 Å². The quantitative estimate of drug-likeness (QED) is 0.0271. The molecule has 306 valence electrons. The molecule has 7 aromatic carbocycles. The third-order valence-electron chi connectivity index (χ3n) is 9.48. The Kier molecular flexibility index (Phi) is 12.5. The van der Waals surface area contributed by atoms with E-state index in [1.54, 1.807) is 78.9 Å². The second-order valence-electron chi connectivity index (χ2n) is 13.5. The van der Waals surface area contributed by atoms with Gasteiger partial charge in [-0.05, 0) is 69.9 Å². The molecule has 0 fully saturated rings. The Balaban J connectivity index is 1.02. The number of fused-ring (bicyclic) bond motifs is 2. The van der Waals surface area contributed by atoms with E-state index >= 15 is 0 Å². The molecule has 0 unspecified atom stereocenters. The highest BCUT2D eigenvalue weighted by Gasteiger charge is 2.28. The number of hydrogen-bond donors (Lipinski definition) is 2. The molecule has 0 aliphatic carbocycles. The number of esters is 2. The molecular formula is C46H32N6O10. The largest absolute Gasteiger partial charge is 0.416 e.